The zero-order chi connectivity index (χ0) is 7.40. The van der Waals surface area contributed by atoms with E-state index in [0.29, 0.717) is 0 Å². The smallest absolute Gasteiger partial charge is 0.00836 e. The lowest BCUT2D eigenvalue weighted by molar-refractivity contribution is 0.955. The molecular formula is C9H13N. The summed E-state index contributed by atoms with van der Waals surface area (Å²) in [5, 5.41) is 0. The quantitative estimate of drug-likeness (QED) is 0.541. The van der Waals surface area contributed by atoms with Crippen LogP contribution in [0.15, 0.2) is 35.6 Å². The molecule has 1 aliphatic carbocycles. The van der Waals surface area contributed by atoms with Gasteiger partial charge in [0.2, 0.25) is 0 Å². The van der Waals surface area contributed by atoms with E-state index in [9.17, 15) is 0 Å². The van der Waals surface area contributed by atoms with Gasteiger partial charge in [0.25, 0.3) is 0 Å². The molecule has 0 radical (unpaired) electrons. The number of rotatable bonds is 0. The molecule has 0 aromatic heterocycles. The first-order valence-corrected chi connectivity index (χ1v) is 3.58. The molecule has 1 aliphatic rings. The minimum absolute atomic E-state index is 0.976. The van der Waals surface area contributed by atoms with Crippen LogP contribution in [0.2, 0.25) is 0 Å². The van der Waals surface area contributed by atoms with Gasteiger partial charge in [0.05, 0.1) is 0 Å². The first-order valence-electron chi connectivity index (χ1n) is 3.58. The summed E-state index contributed by atoms with van der Waals surface area (Å²) in [7, 11) is 0. The molecule has 0 fully saturated rings. The van der Waals surface area contributed by atoms with Crippen LogP contribution >= 0.6 is 0 Å². The van der Waals surface area contributed by atoms with Crippen molar-refractivity contribution in [1.29, 1.82) is 0 Å². The molecule has 1 nitrogen and oxygen atoms in total. The third-order valence-electron chi connectivity index (χ3n) is 1.54. The first-order chi connectivity index (χ1) is 4.79. The minimum Gasteiger partial charge on any atom is -0.402 e. The fourth-order valence-corrected chi connectivity index (χ4v) is 0.897. The summed E-state index contributed by atoms with van der Waals surface area (Å²) in [4.78, 5) is 0. The second-order valence-corrected chi connectivity index (χ2v) is 2.59. The maximum absolute atomic E-state index is 5.65. The standard InChI is InChI=1S/C9H13N/c1-8-4-2-3-5-9(10)7-6-8/h2,4,6-7H,3,5,10H2,1H3/b4-2?,8-6?,9-7+. The van der Waals surface area contributed by atoms with Crippen LogP contribution in [0, 0.1) is 0 Å². The van der Waals surface area contributed by atoms with Crippen LogP contribution in [0.5, 0.6) is 0 Å². The summed E-state index contributed by atoms with van der Waals surface area (Å²) < 4.78 is 0. The fourth-order valence-electron chi connectivity index (χ4n) is 0.897. The average Bonchev–Trinajstić information content (AvgIpc) is 1.90. The highest BCUT2D eigenvalue weighted by atomic mass is 14.6. The lowest BCUT2D eigenvalue weighted by Gasteiger charge is -1.99. The fraction of sp³-hybridized carbons (Fsp3) is 0.333. The molecule has 1 rings (SSSR count). The van der Waals surface area contributed by atoms with Crippen molar-refractivity contribution in [2.45, 2.75) is 19.8 Å². The summed E-state index contributed by atoms with van der Waals surface area (Å²) in [6, 6.07) is 0. The van der Waals surface area contributed by atoms with Gasteiger partial charge in [0.1, 0.15) is 0 Å². The maximum atomic E-state index is 5.65. The summed E-state index contributed by atoms with van der Waals surface area (Å²) in [6.07, 6.45) is 10.4. The van der Waals surface area contributed by atoms with Crippen molar-refractivity contribution in [2.75, 3.05) is 0 Å². The Labute approximate surface area is 61.9 Å². The van der Waals surface area contributed by atoms with Gasteiger partial charge in [0.15, 0.2) is 0 Å². The Morgan fingerprint density at radius 3 is 3.00 bits per heavy atom. The third kappa shape index (κ3) is 2.09. The Morgan fingerprint density at radius 2 is 2.20 bits per heavy atom. The van der Waals surface area contributed by atoms with Gasteiger partial charge in [0, 0.05) is 5.70 Å². The molecule has 0 aromatic rings. The summed E-state index contributed by atoms with van der Waals surface area (Å²) in [6.45, 7) is 2.08. The topological polar surface area (TPSA) is 26.0 Å². The largest absolute Gasteiger partial charge is 0.402 e. The second kappa shape index (κ2) is 3.25. The highest BCUT2D eigenvalue weighted by molar-refractivity contribution is 5.25. The zero-order valence-electron chi connectivity index (χ0n) is 6.30. The molecule has 0 saturated heterocycles. The van der Waals surface area contributed by atoms with E-state index in [1.807, 2.05) is 12.2 Å². The molecule has 0 unspecified atom stereocenters. The van der Waals surface area contributed by atoms with E-state index in [1.54, 1.807) is 0 Å². The van der Waals surface area contributed by atoms with Crippen molar-refractivity contribution in [2.24, 2.45) is 5.73 Å². The van der Waals surface area contributed by atoms with Gasteiger partial charge < -0.3 is 5.73 Å². The van der Waals surface area contributed by atoms with Gasteiger partial charge in [-0.25, -0.2) is 0 Å². The lowest BCUT2D eigenvalue weighted by atomic mass is 10.1. The van der Waals surface area contributed by atoms with Gasteiger partial charge >= 0.3 is 0 Å². The Morgan fingerprint density at radius 1 is 1.40 bits per heavy atom. The molecular weight excluding hydrogens is 122 g/mol. The number of nitrogens with two attached hydrogens (primary N) is 1. The van der Waals surface area contributed by atoms with E-state index >= 15 is 0 Å². The van der Waals surface area contributed by atoms with E-state index in [4.69, 9.17) is 5.73 Å². The van der Waals surface area contributed by atoms with E-state index < -0.39 is 0 Å². The van der Waals surface area contributed by atoms with Gasteiger partial charge in [-0.3, -0.25) is 0 Å². The molecule has 0 spiro atoms. The summed E-state index contributed by atoms with van der Waals surface area (Å²) in [5.41, 5.74) is 7.89. The molecule has 0 atom stereocenters. The maximum Gasteiger partial charge on any atom is 0.00836 e. The number of allylic oxidation sites excluding steroid dienone is 6. The van der Waals surface area contributed by atoms with Crippen LogP contribution in [0.1, 0.15) is 19.8 Å². The molecule has 0 aromatic carbocycles. The summed E-state index contributed by atoms with van der Waals surface area (Å²) >= 11 is 0. The van der Waals surface area contributed by atoms with Gasteiger partial charge in [-0.2, -0.15) is 0 Å². The average molecular weight is 135 g/mol. The Balaban J connectivity index is 2.75. The minimum atomic E-state index is 0.976. The van der Waals surface area contributed by atoms with Gasteiger partial charge in [-0.05, 0) is 25.8 Å². The van der Waals surface area contributed by atoms with Crippen molar-refractivity contribution >= 4 is 0 Å². The molecule has 2 N–H and O–H groups in total. The van der Waals surface area contributed by atoms with Crippen molar-refractivity contribution in [1.82, 2.24) is 0 Å². The number of hydrogen-bond acceptors (Lipinski definition) is 1. The van der Waals surface area contributed by atoms with Crippen LogP contribution < -0.4 is 5.73 Å². The Bertz CT molecular complexity index is 197. The summed E-state index contributed by atoms with van der Waals surface area (Å²) in [5.74, 6) is 0. The predicted octanol–water partition coefficient (Wildman–Crippen LogP) is 2.13. The van der Waals surface area contributed by atoms with Crippen LogP contribution in [-0.2, 0) is 0 Å². The molecule has 0 amide bonds. The van der Waals surface area contributed by atoms with Crippen LogP contribution in [-0.4, -0.2) is 0 Å². The highest BCUT2D eigenvalue weighted by Crippen LogP contribution is 2.06. The predicted molar refractivity (Wildman–Crippen MR) is 44.4 cm³/mol. The highest BCUT2D eigenvalue weighted by Gasteiger charge is 1.90. The Hall–Kier alpha value is -0.980. The molecule has 0 bridgehead atoms. The molecule has 54 valence electrons. The SMILES string of the molecule is CC1=C/C=C(/N)CCC=C1. The van der Waals surface area contributed by atoms with Crippen molar-refractivity contribution < 1.29 is 0 Å². The second-order valence-electron chi connectivity index (χ2n) is 2.59. The van der Waals surface area contributed by atoms with E-state index in [2.05, 4.69) is 19.1 Å². The number of hydrogen-bond donors (Lipinski definition) is 1. The third-order valence-corrected chi connectivity index (χ3v) is 1.54. The van der Waals surface area contributed by atoms with Crippen molar-refractivity contribution in [3.05, 3.63) is 35.6 Å². The zero-order valence-corrected chi connectivity index (χ0v) is 6.30. The lowest BCUT2D eigenvalue weighted by Crippen LogP contribution is -1.96. The molecule has 0 aliphatic heterocycles. The van der Waals surface area contributed by atoms with Crippen LogP contribution in [0.4, 0.5) is 0 Å². The van der Waals surface area contributed by atoms with Crippen LogP contribution in [0.3, 0.4) is 0 Å². The van der Waals surface area contributed by atoms with E-state index in [-0.39, 0.29) is 0 Å². The molecule has 0 heterocycles. The van der Waals surface area contributed by atoms with E-state index in [0.717, 1.165) is 18.5 Å². The monoisotopic (exact) mass is 135 g/mol. The Kier molecular flexibility index (Phi) is 2.32. The molecule has 0 saturated carbocycles. The van der Waals surface area contributed by atoms with E-state index in [1.165, 1.54) is 5.57 Å². The first kappa shape index (κ1) is 7.13. The van der Waals surface area contributed by atoms with Gasteiger partial charge in [-0.1, -0.05) is 23.8 Å². The molecule has 10 heavy (non-hydrogen) atoms. The van der Waals surface area contributed by atoms with Crippen LogP contribution in [0.25, 0.3) is 0 Å². The van der Waals surface area contributed by atoms with Gasteiger partial charge in [-0.15, -0.1) is 0 Å². The molecule has 1 heteroatoms. The van der Waals surface area contributed by atoms with Crippen molar-refractivity contribution in [3.8, 4) is 0 Å². The normalized spacial score (nSPS) is 24.1. The van der Waals surface area contributed by atoms with Crippen molar-refractivity contribution in [3.63, 3.8) is 0 Å².